The number of rotatable bonds is 4. The molecular weight excluding hydrogens is 376 g/mol. The van der Waals surface area contributed by atoms with E-state index in [1.165, 1.54) is 0 Å². The summed E-state index contributed by atoms with van der Waals surface area (Å²) in [7, 11) is 0. The van der Waals surface area contributed by atoms with Gasteiger partial charge in [-0.15, -0.1) is 0 Å². The van der Waals surface area contributed by atoms with Gasteiger partial charge in [0.05, 0.1) is 18.8 Å². The zero-order valence-electron chi connectivity index (χ0n) is 12.8. The molecule has 2 aromatic carbocycles. The molecule has 0 N–H and O–H groups in total. The number of esters is 1. The van der Waals surface area contributed by atoms with E-state index in [0.717, 1.165) is 10.9 Å². The van der Waals surface area contributed by atoms with Crippen LogP contribution in [0.2, 0.25) is 0 Å². The number of hydrogen-bond acceptors (Lipinski definition) is 5. The summed E-state index contributed by atoms with van der Waals surface area (Å²) in [6, 6.07) is 11.7. The van der Waals surface area contributed by atoms with E-state index >= 15 is 0 Å². The van der Waals surface area contributed by atoms with Crippen molar-refractivity contribution >= 4 is 27.7 Å². The van der Waals surface area contributed by atoms with E-state index in [4.69, 9.17) is 14.2 Å². The minimum atomic E-state index is -0.537. The van der Waals surface area contributed by atoms with E-state index in [1.54, 1.807) is 42.5 Å². The van der Waals surface area contributed by atoms with Crippen molar-refractivity contribution in [2.24, 2.45) is 0 Å². The molecule has 6 heteroatoms. The maximum absolute atomic E-state index is 12.2. The molecule has 0 fully saturated rings. The largest absolute Gasteiger partial charge is 0.490 e. The molecule has 1 heterocycles. The van der Waals surface area contributed by atoms with Crippen LogP contribution in [0.5, 0.6) is 11.5 Å². The van der Waals surface area contributed by atoms with Gasteiger partial charge < -0.3 is 14.2 Å². The lowest BCUT2D eigenvalue weighted by Crippen LogP contribution is -2.14. The molecule has 0 radical (unpaired) electrons. The van der Waals surface area contributed by atoms with Crippen LogP contribution in [0.25, 0.3) is 0 Å². The molecule has 0 bridgehead atoms. The highest BCUT2D eigenvalue weighted by atomic mass is 79.9. The predicted octanol–water partition coefficient (Wildman–Crippen LogP) is 3.65. The maximum atomic E-state index is 12.2. The molecule has 0 spiro atoms. The van der Waals surface area contributed by atoms with Crippen LogP contribution in [0, 0.1) is 0 Å². The summed E-state index contributed by atoms with van der Waals surface area (Å²) >= 11 is 3.29. The number of ether oxygens (including phenoxy) is 3. The number of Topliss-reactive ketones (excluding diaryl/α,β-unsaturated/α-hetero) is 1. The zero-order chi connectivity index (χ0) is 16.9. The molecule has 5 nitrogen and oxygen atoms in total. The number of hydrogen-bond donors (Lipinski definition) is 0. The van der Waals surface area contributed by atoms with Crippen molar-refractivity contribution in [1.82, 2.24) is 0 Å². The van der Waals surface area contributed by atoms with Crippen LogP contribution in [0.3, 0.4) is 0 Å². The van der Waals surface area contributed by atoms with Crippen LogP contribution in [0.15, 0.2) is 46.9 Å². The smallest absolute Gasteiger partial charge is 0.338 e. The fraction of sp³-hybridized carbons (Fsp3) is 0.222. The van der Waals surface area contributed by atoms with Crippen LogP contribution in [0.1, 0.15) is 27.1 Å². The third-order valence-electron chi connectivity index (χ3n) is 3.48. The Morgan fingerprint density at radius 1 is 0.958 bits per heavy atom. The van der Waals surface area contributed by atoms with E-state index < -0.39 is 5.97 Å². The van der Waals surface area contributed by atoms with Gasteiger partial charge >= 0.3 is 5.97 Å². The number of benzene rings is 2. The van der Waals surface area contributed by atoms with Crippen LogP contribution in [-0.4, -0.2) is 31.6 Å². The fourth-order valence-corrected chi connectivity index (χ4v) is 2.48. The lowest BCUT2D eigenvalue weighted by Gasteiger charge is -2.09. The van der Waals surface area contributed by atoms with Crippen LogP contribution < -0.4 is 9.47 Å². The van der Waals surface area contributed by atoms with Crippen LogP contribution in [-0.2, 0) is 4.74 Å². The second kappa shape index (κ2) is 7.49. The Kier molecular flexibility index (Phi) is 5.15. The van der Waals surface area contributed by atoms with E-state index in [2.05, 4.69) is 15.9 Å². The maximum Gasteiger partial charge on any atom is 0.338 e. The van der Waals surface area contributed by atoms with Crippen molar-refractivity contribution in [2.45, 2.75) is 6.42 Å². The quantitative estimate of drug-likeness (QED) is 0.588. The van der Waals surface area contributed by atoms with Crippen molar-refractivity contribution in [1.29, 1.82) is 0 Å². The minimum Gasteiger partial charge on any atom is -0.490 e. The predicted molar refractivity (Wildman–Crippen MR) is 90.8 cm³/mol. The van der Waals surface area contributed by atoms with Crippen molar-refractivity contribution in [3.8, 4) is 11.5 Å². The van der Waals surface area contributed by atoms with Gasteiger partial charge in [0.25, 0.3) is 0 Å². The summed E-state index contributed by atoms with van der Waals surface area (Å²) < 4.78 is 17.0. The van der Waals surface area contributed by atoms with E-state index in [1.807, 2.05) is 0 Å². The van der Waals surface area contributed by atoms with Gasteiger partial charge in [-0.05, 0) is 42.5 Å². The first-order valence-corrected chi connectivity index (χ1v) is 8.28. The monoisotopic (exact) mass is 390 g/mol. The molecule has 0 amide bonds. The van der Waals surface area contributed by atoms with Crippen molar-refractivity contribution < 1.29 is 23.8 Å². The first-order valence-electron chi connectivity index (χ1n) is 7.49. The first-order chi connectivity index (χ1) is 11.6. The lowest BCUT2D eigenvalue weighted by atomic mass is 10.1. The Morgan fingerprint density at radius 3 is 2.38 bits per heavy atom. The molecule has 24 heavy (non-hydrogen) atoms. The number of halogens is 1. The van der Waals surface area contributed by atoms with Gasteiger partial charge in [0.1, 0.15) is 0 Å². The van der Waals surface area contributed by atoms with Crippen LogP contribution in [0.4, 0.5) is 0 Å². The van der Waals surface area contributed by atoms with Crippen LogP contribution >= 0.6 is 15.9 Å². The molecule has 1 aliphatic rings. The summed E-state index contributed by atoms with van der Waals surface area (Å²) in [5, 5.41) is 0. The molecule has 1 aliphatic heterocycles. The van der Waals surface area contributed by atoms with Crippen molar-refractivity contribution in [2.75, 3.05) is 19.8 Å². The highest BCUT2D eigenvalue weighted by Gasteiger charge is 2.16. The highest BCUT2D eigenvalue weighted by Crippen LogP contribution is 2.30. The Balaban J connectivity index is 1.63. The molecule has 2 aromatic rings. The number of carbonyl (C=O) groups is 2. The Hall–Kier alpha value is -2.34. The summed E-state index contributed by atoms with van der Waals surface area (Å²) in [5.41, 5.74) is 0.813. The fourth-order valence-electron chi connectivity index (χ4n) is 2.22. The van der Waals surface area contributed by atoms with Gasteiger partial charge in [-0.2, -0.15) is 0 Å². The minimum absolute atomic E-state index is 0.295. The summed E-state index contributed by atoms with van der Waals surface area (Å²) in [4.78, 5) is 24.2. The highest BCUT2D eigenvalue weighted by molar-refractivity contribution is 9.10. The number of ketones is 1. The average molecular weight is 391 g/mol. The Morgan fingerprint density at radius 2 is 1.62 bits per heavy atom. The van der Waals surface area contributed by atoms with Gasteiger partial charge in [0, 0.05) is 16.5 Å². The molecule has 3 rings (SSSR count). The lowest BCUT2D eigenvalue weighted by molar-refractivity contribution is 0.0474. The standard InChI is InChI=1S/C18H15BrO5/c19-14-5-2-12(3-6-14)18(21)24-11-15(20)13-4-7-16-17(10-13)23-9-1-8-22-16/h2-7,10H,1,8-9,11H2. The zero-order valence-corrected chi connectivity index (χ0v) is 14.4. The van der Waals surface area contributed by atoms with E-state index in [9.17, 15) is 9.59 Å². The molecule has 124 valence electrons. The third-order valence-corrected chi connectivity index (χ3v) is 4.01. The third kappa shape index (κ3) is 3.94. The van der Waals surface area contributed by atoms with E-state index in [-0.39, 0.29) is 12.4 Å². The normalized spacial score (nSPS) is 13.0. The van der Waals surface area contributed by atoms with Crippen molar-refractivity contribution in [3.63, 3.8) is 0 Å². The van der Waals surface area contributed by atoms with Gasteiger partial charge in [-0.3, -0.25) is 4.79 Å². The topological polar surface area (TPSA) is 61.8 Å². The number of fused-ring (bicyclic) bond motifs is 1. The summed E-state index contributed by atoms with van der Waals surface area (Å²) in [5.74, 6) is 0.329. The number of carbonyl (C=O) groups excluding carboxylic acids is 2. The summed E-state index contributed by atoms with van der Waals surface area (Å²) in [6.45, 7) is 0.808. The molecule has 0 saturated heterocycles. The Bertz CT molecular complexity index is 755. The molecule has 0 atom stereocenters. The van der Waals surface area contributed by atoms with Gasteiger partial charge in [-0.1, -0.05) is 15.9 Å². The van der Waals surface area contributed by atoms with E-state index in [0.29, 0.717) is 35.8 Å². The molecule has 0 saturated carbocycles. The van der Waals surface area contributed by atoms with Gasteiger partial charge in [-0.25, -0.2) is 4.79 Å². The second-order valence-electron chi connectivity index (χ2n) is 5.22. The summed E-state index contributed by atoms with van der Waals surface area (Å²) in [6.07, 6.45) is 0.794. The van der Waals surface area contributed by atoms with Gasteiger partial charge in [0.2, 0.25) is 0 Å². The van der Waals surface area contributed by atoms with Gasteiger partial charge in [0.15, 0.2) is 23.9 Å². The molecular formula is C18H15BrO5. The molecule has 0 aromatic heterocycles. The van der Waals surface area contributed by atoms with Crippen molar-refractivity contribution in [3.05, 3.63) is 58.1 Å². The second-order valence-corrected chi connectivity index (χ2v) is 6.13. The average Bonchev–Trinajstić information content (AvgIpc) is 2.84. The first kappa shape index (κ1) is 16.5. The molecule has 0 unspecified atom stereocenters. The SMILES string of the molecule is O=C(COC(=O)c1ccc(Br)cc1)c1ccc2c(c1)OCCCO2. The Labute approximate surface area is 147 Å². The molecule has 0 aliphatic carbocycles.